The summed E-state index contributed by atoms with van der Waals surface area (Å²) in [5, 5.41) is 11.5. The van der Waals surface area contributed by atoms with Crippen molar-refractivity contribution in [3.8, 4) is 17.2 Å². The number of rotatable bonds is 9. The Labute approximate surface area is 223 Å². The number of amides is 1. The molecular weight excluding hydrogens is 486 g/mol. The molecule has 0 unspecified atom stereocenters. The summed E-state index contributed by atoms with van der Waals surface area (Å²) in [6.45, 7) is 5.53. The largest absolute Gasteiger partial charge is 0.507 e. The first kappa shape index (κ1) is 26.1. The molecule has 3 aliphatic heterocycles. The van der Waals surface area contributed by atoms with Crippen LogP contribution < -0.4 is 14.2 Å². The molecule has 3 atom stereocenters. The second-order valence-corrected chi connectivity index (χ2v) is 10.2. The van der Waals surface area contributed by atoms with Crippen molar-refractivity contribution in [2.45, 2.75) is 64.2 Å². The van der Waals surface area contributed by atoms with Crippen molar-refractivity contribution in [3.63, 3.8) is 0 Å². The third-order valence-corrected chi connectivity index (χ3v) is 7.39. The molecule has 5 rings (SSSR count). The van der Waals surface area contributed by atoms with Crippen molar-refractivity contribution in [2.75, 3.05) is 26.9 Å². The van der Waals surface area contributed by atoms with Gasteiger partial charge in [0.05, 0.1) is 31.4 Å². The number of carbonyl (C=O) groups excluding carboxylic acids is 2. The summed E-state index contributed by atoms with van der Waals surface area (Å²) in [4.78, 5) is 28.3. The van der Waals surface area contributed by atoms with Gasteiger partial charge < -0.3 is 29.0 Å². The van der Waals surface area contributed by atoms with Gasteiger partial charge in [-0.15, -0.1) is 0 Å². The standard InChI is InChI=1S/C30H35NO7/c1-4-5-12-37-24-11-8-19(16-25(24)35-3)27-26(29(33)30(34)31(27)17-22-7-6-13-36-22)28(32)20-9-10-23-21(15-20)14-18(2)38-23/h8-11,15-16,18,22,27,32H,4-7,12-14,17H2,1-3H3/t18-,22-,27-/m1/s1. The molecule has 0 saturated carbocycles. The lowest BCUT2D eigenvalue weighted by Crippen LogP contribution is -2.36. The van der Waals surface area contributed by atoms with E-state index in [0.717, 1.165) is 37.0 Å². The minimum Gasteiger partial charge on any atom is -0.507 e. The maximum atomic E-state index is 13.4. The highest BCUT2D eigenvalue weighted by Gasteiger charge is 2.47. The highest BCUT2D eigenvalue weighted by molar-refractivity contribution is 6.46. The van der Waals surface area contributed by atoms with Gasteiger partial charge in [0.2, 0.25) is 0 Å². The van der Waals surface area contributed by atoms with Crippen molar-refractivity contribution in [2.24, 2.45) is 0 Å². The van der Waals surface area contributed by atoms with Crippen molar-refractivity contribution in [1.82, 2.24) is 4.90 Å². The first-order valence-electron chi connectivity index (χ1n) is 13.4. The Kier molecular flexibility index (Phi) is 7.61. The zero-order chi connectivity index (χ0) is 26.8. The van der Waals surface area contributed by atoms with Crippen molar-refractivity contribution >= 4 is 17.4 Å². The third-order valence-electron chi connectivity index (χ3n) is 7.39. The van der Waals surface area contributed by atoms with E-state index in [0.29, 0.717) is 42.3 Å². The van der Waals surface area contributed by atoms with E-state index >= 15 is 0 Å². The molecule has 1 amide bonds. The number of likely N-dealkylation sites (tertiary alicyclic amines) is 1. The maximum absolute atomic E-state index is 13.4. The molecule has 2 aromatic rings. The Bertz CT molecular complexity index is 1250. The van der Waals surface area contributed by atoms with Gasteiger partial charge in [-0.05, 0) is 67.6 Å². The average molecular weight is 522 g/mol. The van der Waals surface area contributed by atoms with E-state index in [1.165, 1.54) is 4.90 Å². The summed E-state index contributed by atoms with van der Waals surface area (Å²) in [7, 11) is 1.56. The van der Waals surface area contributed by atoms with Crippen LogP contribution in [0.5, 0.6) is 17.2 Å². The highest BCUT2D eigenvalue weighted by Crippen LogP contribution is 2.43. The van der Waals surface area contributed by atoms with Crippen LogP contribution in [-0.2, 0) is 20.7 Å². The summed E-state index contributed by atoms with van der Waals surface area (Å²) < 4.78 is 23.1. The average Bonchev–Trinajstić information content (AvgIpc) is 3.63. The Balaban J connectivity index is 1.57. The highest BCUT2D eigenvalue weighted by atomic mass is 16.5. The second-order valence-electron chi connectivity index (χ2n) is 10.2. The molecule has 2 saturated heterocycles. The SMILES string of the molecule is CCCCOc1ccc([C@@H]2C(=C(O)c3ccc4c(c3)C[C@@H](C)O4)C(=O)C(=O)N2C[C@H]2CCCO2)cc1OC. The first-order valence-corrected chi connectivity index (χ1v) is 13.4. The number of unbranched alkanes of at least 4 members (excludes halogenated alkanes) is 1. The Hall–Kier alpha value is -3.52. The molecule has 0 spiro atoms. The van der Waals surface area contributed by atoms with Crippen LogP contribution in [0.15, 0.2) is 42.0 Å². The molecular formula is C30H35NO7. The molecule has 0 aromatic heterocycles. The lowest BCUT2D eigenvalue weighted by Gasteiger charge is -2.28. The monoisotopic (exact) mass is 521 g/mol. The van der Waals surface area contributed by atoms with Gasteiger partial charge in [0, 0.05) is 25.1 Å². The van der Waals surface area contributed by atoms with Crippen LogP contribution in [0.2, 0.25) is 0 Å². The molecule has 8 heteroatoms. The van der Waals surface area contributed by atoms with E-state index in [1.807, 2.05) is 19.1 Å². The van der Waals surface area contributed by atoms with Crippen molar-refractivity contribution in [3.05, 3.63) is 58.7 Å². The minimum absolute atomic E-state index is 0.0462. The van der Waals surface area contributed by atoms with Crippen LogP contribution in [0, 0.1) is 0 Å². The maximum Gasteiger partial charge on any atom is 0.295 e. The summed E-state index contributed by atoms with van der Waals surface area (Å²) in [6.07, 6.45) is 4.24. The lowest BCUT2D eigenvalue weighted by atomic mass is 9.94. The normalized spacial score (nSPS) is 24.0. The number of methoxy groups -OCH3 is 1. The van der Waals surface area contributed by atoms with Crippen LogP contribution >= 0.6 is 0 Å². The number of ketones is 1. The Morgan fingerprint density at radius 2 is 2.00 bits per heavy atom. The number of hydrogen-bond donors (Lipinski definition) is 1. The first-order chi connectivity index (χ1) is 18.4. The molecule has 1 N–H and O–H groups in total. The van der Waals surface area contributed by atoms with Crippen LogP contribution in [0.1, 0.15) is 62.3 Å². The van der Waals surface area contributed by atoms with E-state index < -0.39 is 17.7 Å². The quantitative estimate of drug-likeness (QED) is 0.219. The zero-order valence-electron chi connectivity index (χ0n) is 22.2. The van der Waals surface area contributed by atoms with Gasteiger partial charge in [-0.25, -0.2) is 0 Å². The van der Waals surface area contributed by atoms with Crippen molar-refractivity contribution in [1.29, 1.82) is 0 Å². The van der Waals surface area contributed by atoms with Gasteiger partial charge >= 0.3 is 0 Å². The molecule has 3 heterocycles. The summed E-state index contributed by atoms with van der Waals surface area (Å²) in [6, 6.07) is 9.98. The lowest BCUT2D eigenvalue weighted by molar-refractivity contribution is -0.140. The second kappa shape index (κ2) is 11.1. The van der Waals surface area contributed by atoms with E-state index in [-0.39, 0.29) is 30.1 Å². The fourth-order valence-electron chi connectivity index (χ4n) is 5.45. The number of aliphatic hydroxyl groups excluding tert-OH is 1. The zero-order valence-corrected chi connectivity index (χ0v) is 22.2. The molecule has 8 nitrogen and oxygen atoms in total. The number of benzene rings is 2. The van der Waals surface area contributed by atoms with E-state index in [4.69, 9.17) is 18.9 Å². The smallest absolute Gasteiger partial charge is 0.295 e. The predicted octanol–water partition coefficient (Wildman–Crippen LogP) is 4.80. The fraction of sp³-hybridized carbons (Fsp3) is 0.467. The van der Waals surface area contributed by atoms with Gasteiger partial charge in [0.15, 0.2) is 11.5 Å². The third kappa shape index (κ3) is 4.97. The van der Waals surface area contributed by atoms with Gasteiger partial charge in [0.1, 0.15) is 17.6 Å². The van der Waals surface area contributed by atoms with E-state index in [2.05, 4.69) is 6.92 Å². The summed E-state index contributed by atoms with van der Waals surface area (Å²) in [5.41, 5.74) is 2.15. The summed E-state index contributed by atoms with van der Waals surface area (Å²) >= 11 is 0. The fourth-order valence-corrected chi connectivity index (χ4v) is 5.45. The molecule has 0 radical (unpaired) electrons. The van der Waals surface area contributed by atoms with Crippen LogP contribution in [-0.4, -0.2) is 60.8 Å². The molecule has 3 aliphatic rings. The number of hydrogen-bond acceptors (Lipinski definition) is 7. The molecule has 2 fully saturated rings. The van der Waals surface area contributed by atoms with Gasteiger partial charge in [-0.1, -0.05) is 19.4 Å². The number of Topliss-reactive ketones (excluding diaryl/α,β-unsaturated/α-hetero) is 1. The van der Waals surface area contributed by atoms with Crippen LogP contribution in [0.3, 0.4) is 0 Å². The molecule has 38 heavy (non-hydrogen) atoms. The molecule has 0 aliphatic carbocycles. The number of fused-ring (bicyclic) bond motifs is 1. The van der Waals surface area contributed by atoms with Gasteiger partial charge in [-0.2, -0.15) is 0 Å². The van der Waals surface area contributed by atoms with Gasteiger partial charge in [-0.3, -0.25) is 9.59 Å². The van der Waals surface area contributed by atoms with E-state index in [1.54, 1.807) is 31.4 Å². The van der Waals surface area contributed by atoms with Crippen LogP contribution in [0.25, 0.3) is 5.76 Å². The van der Waals surface area contributed by atoms with Crippen molar-refractivity contribution < 1.29 is 33.6 Å². The summed E-state index contributed by atoms with van der Waals surface area (Å²) in [5.74, 6) is 0.310. The number of nitrogens with zero attached hydrogens (tertiary/aromatic N) is 1. The predicted molar refractivity (Wildman–Crippen MR) is 142 cm³/mol. The number of carbonyl (C=O) groups is 2. The van der Waals surface area contributed by atoms with E-state index in [9.17, 15) is 14.7 Å². The number of ether oxygens (including phenoxy) is 4. The van der Waals surface area contributed by atoms with Crippen LogP contribution in [0.4, 0.5) is 0 Å². The topological polar surface area (TPSA) is 94.5 Å². The minimum atomic E-state index is -0.791. The number of aliphatic hydroxyl groups is 1. The molecule has 202 valence electrons. The van der Waals surface area contributed by atoms with Gasteiger partial charge in [0.25, 0.3) is 11.7 Å². The molecule has 0 bridgehead atoms. The Morgan fingerprint density at radius 3 is 2.74 bits per heavy atom. The Morgan fingerprint density at radius 1 is 1.16 bits per heavy atom. The molecule has 2 aromatic carbocycles.